The molecule has 0 saturated carbocycles. The molecule has 4 nitrogen and oxygen atoms in total. The van der Waals surface area contributed by atoms with E-state index in [1.54, 1.807) is 6.20 Å². The third kappa shape index (κ3) is 1.89. The Morgan fingerprint density at radius 1 is 1.06 bits per heavy atom. The molecule has 3 aromatic rings. The van der Waals surface area contributed by atoms with Crippen LogP contribution in [0.4, 0.5) is 0 Å². The number of pyridine rings is 1. The van der Waals surface area contributed by atoms with E-state index in [0.29, 0.717) is 0 Å². The smallest absolute Gasteiger partial charge is 0.187 e. The maximum absolute atomic E-state index is 4.27. The van der Waals surface area contributed by atoms with E-state index >= 15 is 0 Å². The van der Waals surface area contributed by atoms with Crippen LogP contribution in [0, 0.1) is 0 Å². The largest absolute Gasteiger partial charge is 0.306 e. The lowest BCUT2D eigenvalue weighted by Gasteiger charge is -2.02. The van der Waals surface area contributed by atoms with E-state index in [1.807, 2.05) is 47.6 Å². The van der Waals surface area contributed by atoms with Crippen molar-refractivity contribution in [1.82, 2.24) is 19.4 Å². The molecule has 3 heterocycles. The maximum Gasteiger partial charge on any atom is 0.187 e. The minimum absolute atomic E-state index is 0.789. The molecule has 17 heavy (non-hydrogen) atoms. The second-order valence-corrected chi connectivity index (χ2v) is 4.34. The van der Waals surface area contributed by atoms with E-state index in [1.165, 1.54) is 11.8 Å². The molecule has 0 radical (unpaired) electrons. The number of fused-ring (bicyclic) bond motifs is 1. The van der Waals surface area contributed by atoms with Crippen LogP contribution in [-0.2, 0) is 0 Å². The molecule has 0 spiro atoms. The van der Waals surface area contributed by atoms with Gasteiger partial charge in [-0.3, -0.25) is 0 Å². The Bertz CT molecular complexity index is 645. The van der Waals surface area contributed by atoms with Crippen LogP contribution in [0.3, 0.4) is 0 Å². The van der Waals surface area contributed by atoms with Crippen LogP contribution in [0.1, 0.15) is 0 Å². The van der Waals surface area contributed by atoms with Crippen molar-refractivity contribution >= 4 is 17.4 Å². The van der Waals surface area contributed by atoms with Gasteiger partial charge in [-0.1, -0.05) is 11.8 Å². The molecule has 0 aliphatic carbocycles. The lowest BCUT2D eigenvalue weighted by atomic mass is 10.1. The molecule has 0 aliphatic rings. The minimum Gasteiger partial charge on any atom is -0.306 e. The molecule has 84 valence electrons. The molecule has 0 bridgehead atoms. The summed E-state index contributed by atoms with van der Waals surface area (Å²) in [7, 11) is 0. The Balaban J connectivity index is 2.06. The minimum atomic E-state index is 0.789. The van der Waals surface area contributed by atoms with Gasteiger partial charge in [0.2, 0.25) is 0 Å². The third-order valence-electron chi connectivity index (χ3n) is 2.53. The highest BCUT2D eigenvalue weighted by molar-refractivity contribution is 7.98. The normalized spacial score (nSPS) is 10.9. The van der Waals surface area contributed by atoms with Gasteiger partial charge in [0.1, 0.15) is 5.65 Å². The fourth-order valence-corrected chi connectivity index (χ4v) is 1.98. The van der Waals surface area contributed by atoms with Gasteiger partial charge < -0.3 is 4.40 Å². The highest BCUT2D eigenvalue weighted by Crippen LogP contribution is 2.19. The molecule has 0 fully saturated rings. The Labute approximate surface area is 103 Å². The average Bonchev–Trinajstić information content (AvgIpc) is 2.86. The topological polar surface area (TPSA) is 43.1 Å². The fourth-order valence-electron chi connectivity index (χ4n) is 1.66. The van der Waals surface area contributed by atoms with Crippen molar-refractivity contribution in [3.05, 3.63) is 43.1 Å². The lowest BCUT2D eigenvalue weighted by Crippen LogP contribution is -1.89. The van der Waals surface area contributed by atoms with Gasteiger partial charge in [0.15, 0.2) is 5.16 Å². The second-order valence-electron chi connectivity index (χ2n) is 3.57. The Morgan fingerprint density at radius 2 is 1.88 bits per heavy atom. The van der Waals surface area contributed by atoms with Gasteiger partial charge in [0, 0.05) is 42.1 Å². The number of rotatable bonds is 2. The highest BCUT2D eigenvalue weighted by Gasteiger charge is 2.01. The summed E-state index contributed by atoms with van der Waals surface area (Å²) in [5, 5.41) is 0.789. The second kappa shape index (κ2) is 4.18. The summed E-state index contributed by atoms with van der Waals surface area (Å²) in [5.74, 6) is 0. The Kier molecular flexibility index (Phi) is 2.53. The van der Waals surface area contributed by atoms with Gasteiger partial charge in [0.05, 0.1) is 0 Å². The standard InChI is InChI=1S/C12H10N4S/c1-17-12-14-6-10(7-15-12)9-2-3-11-13-4-5-16(11)8-9/h2-8H,1H3. The SMILES string of the molecule is CSc1ncc(-c2ccc3nccn3c2)cn1. The van der Waals surface area contributed by atoms with Crippen LogP contribution in [0.2, 0.25) is 0 Å². The fraction of sp³-hybridized carbons (Fsp3) is 0.0833. The van der Waals surface area contributed by atoms with Crippen LogP contribution in [0.25, 0.3) is 16.8 Å². The molecule has 0 N–H and O–H groups in total. The van der Waals surface area contributed by atoms with Gasteiger partial charge in [-0.05, 0) is 18.4 Å². The van der Waals surface area contributed by atoms with E-state index < -0.39 is 0 Å². The molecule has 5 heteroatoms. The molecule has 3 aromatic heterocycles. The predicted octanol–water partition coefficient (Wildman–Crippen LogP) is 2.51. The van der Waals surface area contributed by atoms with Gasteiger partial charge in [0.25, 0.3) is 0 Å². The van der Waals surface area contributed by atoms with Crippen molar-refractivity contribution < 1.29 is 0 Å². The quantitative estimate of drug-likeness (QED) is 0.511. The third-order valence-corrected chi connectivity index (χ3v) is 3.11. The lowest BCUT2D eigenvalue weighted by molar-refractivity contribution is 0.972. The van der Waals surface area contributed by atoms with Crippen LogP contribution in [0.5, 0.6) is 0 Å². The molecule has 0 aromatic carbocycles. The van der Waals surface area contributed by atoms with Gasteiger partial charge in [-0.2, -0.15) is 0 Å². The number of aromatic nitrogens is 4. The number of hydrogen-bond acceptors (Lipinski definition) is 4. The van der Waals surface area contributed by atoms with Gasteiger partial charge >= 0.3 is 0 Å². The van der Waals surface area contributed by atoms with Crippen molar-refractivity contribution in [3.63, 3.8) is 0 Å². The van der Waals surface area contributed by atoms with Crippen molar-refractivity contribution in [2.45, 2.75) is 5.16 Å². The Hall–Kier alpha value is -1.88. The number of hydrogen-bond donors (Lipinski definition) is 0. The zero-order chi connectivity index (χ0) is 11.7. The first-order chi connectivity index (χ1) is 8.36. The van der Waals surface area contributed by atoms with Gasteiger partial charge in [-0.15, -0.1) is 0 Å². The zero-order valence-electron chi connectivity index (χ0n) is 9.24. The van der Waals surface area contributed by atoms with E-state index in [0.717, 1.165) is 21.9 Å². The molecule has 0 amide bonds. The molecule has 0 atom stereocenters. The number of imidazole rings is 1. The van der Waals surface area contributed by atoms with Crippen LogP contribution >= 0.6 is 11.8 Å². The van der Waals surface area contributed by atoms with Crippen molar-refractivity contribution in [3.8, 4) is 11.1 Å². The first kappa shape index (κ1) is 10.3. The van der Waals surface area contributed by atoms with Gasteiger partial charge in [-0.25, -0.2) is 15.0 Å². The predicted molar refractivity (Wildman–Crippen MR) is 68.0 cm³/mol. The van der Waals surface area contributed by atoms with E-state index in [4.69, 9.17) is 0 Å². The molecule has 3 rings (SSSR count). The summed E-state index contributed by atoms with van der Waals surface area (Å²) >= 11 is 1.54. The molecule has 0 unspecified atom stereocenters. The monoisotopic (exact) mass is 242 g/mol. The van der Waals surface area contributed by atoms with Crippen molar-refractivity contribution in [2.75, 3.05) is 6.26 Å². The van der Waals surface area contributed by atoms with Crippen LogP contribution in [0.15, 0.2) is 48.3 Å². The molecule has 0 aliphatic heterocycles. The van der Waals surface area contributed by atoms with Crippen molar-refractivity contribution in [1.29, 1.82) is 0 Å². The van der Waals surface area contributed by atoms with Crippen molar-refractivity contribution in [2.24, 2.45) is 0 Å². The first-order valence-electron chi connectivity index (χ1n) is 5.16. The molecule has 0 saturated heterocycles. The summed E-state index contributed by atoms with van der Waals surface area (Å²) in [5.41, 5.74) is 3.04. The summed E-state index contributed by atoms with van der Waals surface area (Å²) in [4.78, 5) is 12.7. The molecular formula is C12H10N4S. The van der Waals surface area contributed by atoms with E-state index in [9.17, 15) is 0 Å². The zero-order valence-corrected chi connectivity index (χ0v) is 10.1. The average molecular weight is 242 g/mol. The number of nitrogens with zero attached hydrogens (tertiary/aromatic N) is 4. The highest BCUT2D eigenvalue weighted by atomic mass is 32.2. The van der Waals surface area contributed by atoms with E-state index in [2.05, 4.69) is 15.0 Å². The number of thioether (sulfide) groups is 1. The molecular weight excluding hydrogens is 232 g/mol. The first-order valence-corrected chi connectivity index (χ1v) is 6.38. The summed E-state index contributed by atoms with van der Waals surface area (Å²) in [6.07, 6.45) is 11.4. The summed E-state index contributed by atoms with van der Waals surface area (Å²) in [6.45, 7) is 0. The van der Waals surface area contributed by atoms with E-state index in [-0.39, 0.29) is 0 Å². The Morgan fingerprint density at radius 3 is 2.65 bits per heavy atom. The van der Waals surface area contributed by atoms with Crippen LogP contribution in [-0.4, -0.2) is 25.6 Å². The maximum atomic E-state index is 4.27. The summed E-state index contributed by atoms with van der Waals surface area (Å²) in [6, 6.07) is 4.01. The summed E-state index contributed by atoms with van der Waals surface area (Å²) < 4.78 is 1.98. The van der Waals surface area contributed by atoms with Crippen LogP contribution < -0.4 is 0 Å².